The summed E-state index contributed by atoms with van der Waals surface area (Å²) in [5, 5.41) is 8.63. The summed E-state index contributed by atoms with van der Waals surface area (Å²) in [7, 11) is 1.71. The maximum Gasteiger partial charge on any atom is 0.219 e. The van der Waals surface area contributed by atoms with Gasteiger partial charge in [0.2, 0.25) is 17.4 Å². The van der Waals surface area contributed by atoms with Crippen molar-refractivity contribution in [1.29, 1.82) is 0 Å². The van der Waals surface area contributed by atoms with Gasteiger partial charge < -0.3 is 19.8 Å². The van der Waals surface area contributed by atoms with Crippen LogP contribution in [0.25, 0.3) is 16.6 Å². The highest BCUT2D eigenvalue weighted by molar-refractivity contribution is 6.13. The molecule has 3 aromatic heterocycles. The van der Waals surface area contributed by atoms with E-state index in [4.69, 9.17) is 9.47 Å². The molecule has 5 aromatic rings. The smallest absolute Gasteiger partial charge is 0.219 e. The Morgan fingerprint density at radius 2 is 1.95 bits per heavy atom. The Morgan fingerprint density at radius 1 is 1.14 bits per heavy atom. The average molecular weight is 571 g/mol. The first-order valence-electron chi connectivity index (χ1n) is 13.8. The number of aromatic amines is 1. The fraction of sp³-hybridized carbons (Fsp3) is 0.258. The summed E-state index contributed by atoms with van der Waals surface area (Å²) in [4.78, 5) is 23.8. The first kappa shape index (κ1) is 26.3. The van der Waals surface area contributed by atoms with E-state index in [2.05, 4.69) is 31.3 Å². The second-order valence-corrected chi connectivity index (χ2v) is 10.6. The maximum atomic E-state index is 14.1. The molecule has 0 bridgehead atoms. The lowest BCUT2D eigenvalue weighted by atomic mass is 9.95. The van der Waals surface area contributed by atoms with Crippen LogP contribution in [0.2, 0.25) is 0 Å². The highest BCUT2D eigenvalue weighted by Crippen LogP contribution is 2.33. The minimum atomic E-state index is -0.825. The molecular formula is C31H28F2N6O3. The number of fused-ring (bicyclic) bond motifs is 3. The van der Waals surface area contributed by atoms with Crippen LogP contribution in [-0.2, 0) is 17.7 Å². The summed E-state index contributed by atoms with van der Waals surface area (Å²) < 4.78 is 40.5. The highest BCUT2D eigenvalue weighted by atomic mass is 19.1. The van der Waals surface area contributed by atoms with Gasteiger partial charge in [-0.05, 0) is 54.3 Å². The van der Waals surface area contributed by atoms with Crippen LogP contribution in [0.4, 0.5) is 14.6 Å². The van der Waals surface area contributed by atoms with Crippen molar-refractivity contribution in [3.63, 3.8) is 0 Å². The van der Waals surface area contributed by atoms with E-state index < -0.39 is 17.4 Å². The number of carbonyl (C=O) groups is 1. The van der Waals surface area contributed by atoms with Gasteiger partial charge in [-0.25, -0.2) is 18.4 Å². The number of ketones is 1. The third-order valence-electron chi connectivity index (χ3n) is 8.09. The molecule has 0 amide bonds. The second-order valence-electron chi connectivity index (χ2n) is 10.6. The largest absolute Gasteiger partial charge is 0.433 e. The molecule has 2 aliphatic heterocycles. The number of rotatable bonds is 7. The molecule has 5 heterocycles. The highest BCUT2D eigenvalue weighted by Gasteiger charge is 2.30. The van der Waals surface area contributed by atoms with E-state index in [1.807, 2.05) is 12.1 Å². The number of hydrogen-bond acceptors (Lipinski definition) is 7. The molecule has 11 heteroatoms. The van der Waals surface area contributed by atoms with Gasteiger partial charge in [0.1, 0.15) is 5.82 Å². The minimum absolute atomic E-state index is 0.0273. The van der Waals surface area contributed by atoms with Crippen molar-refractivity contribution in [1.82, 2.24) is 24.6 Å². The molecule has 0 saturated carbocycles. The van der Waals surface area contributed by atoms with Gasteiger partial charge in [0.25, 0.3) is 0 Å². The number of nitrogens with one attached hydrogen (secondary N) is 2. The minimum Gasteiger partial charge on any atom is -0.433 e. The summed E-state index contributed by atoms with van der Waals surface area (Å²) in [5.74, 6) is -1.86. The van der Waals surface area contributed by atoms with Gasteiger partial charge in [0.15, 0.2) is 11.6 Å². The lowest BCUT2D eigenvalue weighted by Crippen LogP contribution is -2.50. The van der Waals surface area contributed by atoms with Crippen LogP contribution in [-0.4, -0.2) is 63.3 Å². The first-order chi connectivity index (χ1) is 20.4. The lowest BCUT2D eigenvalue weighted by molar-refractivity contribution is -0.0693. The normalized spacial score (nSPS) is 15.4. The zero-order chi connectivity index (χ0) is 29.0. The summed E-state index contributed by atoms with van der Waals surface area (Å²) in [5.41, 5.74) is 5.60. The Morgan fingerprint density at radius 3 is 2.67 bits per heavy atom. The molecule has 7 rings (SSSR count). The van der Waals surface area contributed by atoms with E-state index in [0.717, 1.165) is 55.8 Å². The number of hydrogen-bond donors (Lipinski definition) is 2. The fourth-order valence-corrected chi connectivity index (χ4v) is 5.71. The molecular weight excluding hydrogens is 542 g/mol. The molecule has 1 saturated heterocycles. The number of benzene rings is 2. The van der Waals surface area contributed by atoms with Gasteiger partial charge in [-0.1, -0.05) is 12.1 Å². The standard InChI is InChI=1S/C31H28F2N6O3/c1-17-10-28(42-30-23(32)4-3-5-24(30)33)35-13-27(17)39-31(34-2)21(12-36-39)29(40)26-11-20-22-14-38(19-15-41-16-19)9-8-18(22)6-7-25(20)37-26/h3-7,10-13,19,34,37H,8-9,14-16H2,1-2H3. The van der Waals surface area contributed by atoms with Crippen molar-refractivity contribution in [3.05, 3.63) is 94.4 Å². The molecule has 0 radical (unpaired) electrons. The molecule has 42 heavy (non-hydrogen) atoms. The van der Waals surface area contributed by atoms with Crippen molar-refractivity contribution in [2.24, 2.45) is 0 Å². The van der Waals surface area contributed by atoms with Gasteiger partial charge in [-0.3, -0.25) is 9.69 Å². The zero-order valence-electron chi connectivity index (χ0n) is 23.1. The molecule has 0 unspecified atom stereocenters. The zero-order valence-corrected chi connectivity index (χ0v) is 23.1. The van der Waals surface area contributed by atoms with Crippen LogP contribution in [0.3, 0.4) is 0 Å². The van der Waals surface area contributed by atoms with Crippen LogP contribution in [0, 0.1) is 18.6 Å². The van der Waals surface area contributed by atoms with Gasteiger partial charge in [0.05, 0.1) is 48.6 Å². The predicted octanol–water partition coefficient (Wildman–Crippen LogP) is 5.16. The van der Waals surface area contributed by atoms with E-state index in [9.17, 15) is 13.6 Å². The number of ether oxygens (including phenoxy) is 2. The Kier molecular flexibility index (Phi) is 6.47. The topological polar surface area (TPSA) is 97.3 Å². The van der Waals surface area contributed by atoms with Crippen molar-refractivity contribution in [3.8, 4) is 17.3 Å². The van der Waals surface area contributed by atoms with E-state index in [1.165, 1.54) is 29.6 Å². The van der Waals surface area contributed by atoms with Crippen molar-refractivity contribution >= 4 is 22.5 Å². The van der Waals surface area contributed by atoms with Crippen molar-refractivity contribution in [2.75, 3.05) is 32.1 Å². The number of anilines is 1. The molecule has 2 aliphatic rings. The summed E-state index contributed by atoms with van der Waals surface area (Å²) in [6.07, 6.45) is 3.98. The van der Waals surface area contributed by atoms with Crippen LogP contribution >= 0.6 is 0 Å². The monoisotopic (exact) mass is 570 g/mol. The molecule has 2 aromatic carbocycles. The van der Waals surface area contributed by atoms with E-state index in [0.29, 0.717) is 34.4 Å². The van der Waals surface area contributed by atoms with Crippen molar-refractivity contribution < 1.29 is 23.0 Å². The Hall–Kier alpha value is -4.61. The Labute approximate surface area is 240 Å². The quantitative estimate of drug-likeness (QED) is 0.261. The molecule has 0 spiro atoms. The van der Waals surface area contributed by atoms with Crippen LogP contribution < -0.4 is 10.1 Å². The van der Waals surface area contributed by atoms with Crippen LogP contribution in [0.15, 0.2) is 54.9 Å². The number of aromatic nitrogens is 4. The average Bonchev–Trinajstić information content (AvgIpc) is 3.59. The molecule has 2 N–H and O–H groups in total. The number of para-hydroxylation sites is 1. The SMILES string of the molecule is CNc1c(C(=O)c2cc3c4c(ccc3[nH]2)CCN(C2COC2)C4)cnn1-c1cnc(Oc2c(F)cccc2F)cc1C. The van der Waals surface area contributed by atoms with Gasteiger partial charge >= 0.3 is 0 Å². The maximum absolute atomic E-state index is 14.1. The van der Waals surface area contributed by atoms with Gasteiger partial charge in [0, 0.05) is 37.1 Å². The third-order valence-corrected chi connectivity index (χ3v) is 8.09. The summed E-state index contributed by atoms with van der Waals surface area (Å²) >= 11 is 0. The van der Waals surface area contributed by atoms with E-state index in [-0.39, 0.29) is 11.7 Å². The van der Waals surface area contributed by atoms with Gasteiger partial charge in [-0.15, -0.1) is 0 Å². The Balaban J connectivity index is 1.18. The van der Waals surface area contributed by atoms with E-state index >= 15 is 0 Å². The molecule has 0 aliphatic carbocycles. The van der Waals surface area contributed by atoms with Crippen molar-refractivity contribution in [2.45, 2.75) is 25.9 Å². The molecule has 1 fully saturated rings. The number of nitrogens with zero attached hydrogens (tertiary/aromatic N) is 4. The first-order valence-corrected chi connectivity index (χ1v) is 13.8. The summed E-state index contributed by atoms with van der Waals surface area (Å²) in [6, 6.07) is 11.6. The predicted molar refractivity (Wildman–Crippen MR) is 153 cm³/mol. The Bertz CT molecular complexity index is 1820. The lowest BCUT2D eigenvalue weighted by Gasteiger charge is -2.40. The summed E-state index contributed by atoms with van der Waals surface area (Å²) in [6.45, 7) is 5.18. The third kappa shape index (κ3) is 4.41. The molecule has 214 valence electrons. The fourth-order valence-electron chi connectivity index (χ4n) is 5.71. The van der Waals surface area contributed by atoms with Crippen LogP contribution in [0.5, 0.6) is 11.6 Å². The number of H-pyrrole nitrogens is 1. The van der Waals surface area contributed by atoms with E-state index in [1.54, 1.807) is 24.7 Å². The number of aryl methyl sites for hydroxylation is 1. The van der Waals surface area contributed by atoms with Gasteiger partial charge in [-0.2, -0.15) is 5.10 Å². The van der Waals surface area contributed by atoms with Crippen LogP contribution in [0.1, 0.15) is 32.7 Å². The number of carbonyl (C=O) groups excluding carboxylic acids is 1. The number of halogens is 2. The molecule has 0 atom stereocenters. The molecule has 9 nitrogen and oxygen atoms in total. The number of pyridine rings is 1. The second kappa shape index (κ2) is 10.3.